The van der Waals surface area contributed by atoms with E-state index in [4.69, 9.17) is 5.73 Å². The van der Waals surface area contributed by atoms with Crippen LogP contribution in [-0.2, 0) is 17.6 Å². The van der Waals surface area contributed by atoms with Gasteiger partial charge in [0.05, 0.1) is 5.92 Å². The minimum absolute atomic E-state index is 0.00890. The number of amides is 2. The summed E-state index contributed by atoms with van der Waals surface area (Å²) in [7, 11) is 0. The van der Waals surface area contributed by atoms with Crippen LogP contribution in [0.3, 0.4) is 0 Å². The Morgan fingerprint density at radius 3 is 2.48 bits per heavy atom. The van der Waals surface area contributed by atoms with Gasteiger partial charge in [-0.15, -0.1) is 0 Å². The van der Waals surface area contributed by atoms with Gasteiger partial charge in [-0.3, -0.25) is 9.59 Å². The van der Waals surface area contributed by atoms with Crippen LogP contribution >= 0.6 is 0 Å². The Kier molecular flexibility index (Phi) is 5.49. The third-order valence-electron chi connectivity index (χ3n) is 4.88. The average Bonchev–Trinajstić information content (AvgIpc) is 2.67. The van der Waals surface area contributed by atoms with Gasteiger partial charge in [0, 0.05) is 18.7 Å². The van der Waals surface area contributed by atoms with Crippen molar-refractivity contribution in [3.05, 3.63) is 71.3 Å². The minimum atomic E-state index is -0.310. The Morgan fingerprint density at radius 2 is 1.72 bits per heavy atom. The molecule has 2 aromatic rings. The number of benzene rings is 2. The number of nitrogens with zero attached hydrogens (tertiary/aromatic N) is 1. The van der Waals surface area contributed by atoms with Gasteiger partial charge in [0.2, 0.25) is 5.91 Å². The van der Waals surface area contributed by atoms with E-state index in [2.05, 4.69) is 12.1 Å². The van der Waals surface area contributed by atoms with Crippen molar-refractivity contribution in [2.75, 3.05) is 13.1 Å². The van der Waals surface area contributed by atoms with E-state index in [-0.39, 0.29) is 17.7 Å². The van der Waals surface area contributed by atoms with Crippen LogP contribution in [0, 0.1) is 5.92 Å². The Balaban J connectivity index is 1.73. The molecule has 1 unspecified atom stereocenters. The third-order valence-corrected chi connectivity index (χ3v) is 4.88. The van der Waals surface area contributed by atoms with Crippen molar-refractivity contribution in [3.63, 3.8) is 0 Å². The molecule has 2 aromatic carbocycles. The van der Waals surface area contributed by atoms with Gasteiger partial charge < -0.3 is 10.6 Å². The monoisotopic (exact) mass is 336 g/mol. The number of nitrogens with two attached hydrogens (primary N) is 1. The quantitative estimate of drug-likeness (QED) is 0.912. The van der Waals surface area contributed by atoms with E-state index in [0.717, 1.165) is 36.8 Å². The molecule has 0 spiro atoms. The molecule has 0 aromatic heterocycles. The standard InChI is InChI=1S/C21H24N2O2/c22-20(24)18-10-6-14-23(15-18)21(25)19-11-5-4-9-17(19)13-12-16-7-2-1-3-8-16/h1-5,7-9,11,18H,6,10,12-15H2,(H2,22,24). The number of hydrogen-bond acceptors (Lipinski definition) is 2. The maximum Gasteiger partial charge on any atom is 0.254 e. The highest BCUT2D eigenvalue weighted by Crippen LogP contribution is 2.21. The summed E-state index contributed by atoms with van der Waals surface area (Å²) in [6, 6.07) is 18.1. The highest BCUT2D eigenvalue weighted by molar-refractivity contribution is 5.96. The summed E-state index contributed by atoms with van der Waals surface area (Å²) in [5, 5.41) is 0. The first-order valence-electron chi connectivity index (χ1n) is 8.85. The van der Waals surface area contributed by atoms with E-state index in [1.807, 2.05) is 42.5 Å². The predicted octanol–water partition coefficient (Wildman–Crippen LogP) is 2.81. The predicted molar refractivity (Wildman–Crippen MR) is 98.1 cm³/mol. The van der Waals surface area contributed by atoms with E-state index in [1.54, 1.807) is 4.90 Å². The highest BCUT2D eigenvalue weighted by atomic mass is 16.2. The summed E-state index contributed by atoms with van der Waals surface area (Å²) in [4.78, 5) is 26.2. The summed E-state index contributed by atoms with van der Waals surface area (Å²) in [5.41, 5.74) is 8.49. The maximum absolute atomic E-state index is 13.0. The molecule has 0 aliphatic carbocycles. The number of primary amides is 1. The average molecular weight is 336 g/mol. The summed E-state index contributed by atoms with van der Waals surface area (Å²) in [6.45, 7) is 1.12. The molecule has 1 atom stereocenters. The number of likely N-dealkylation sites (tertiary alicyclic amines) is 1. The molecule has 1 saturated heterocycles. The van der Waals surface area contributed by atoms with Crippen LogP contribution in [0.2, 0.25) is 0 Å². The fraction of sp³-hybridized carbons (Fsp3) is 0.333. The first-order valence-corrected chi connectivity index (χ1v) is 8.85. The molecule has 4 heteroatoms. The number of carbonyl (C=O) groups is 2. The Labute approximate surface area is 148 Å². The molecule has 4 nitrogen and oxygen atoms in total. The lowest BCUT2D eigenvalue weighted by atomic mass is 9.95. The Morgan fingerprint density at radius 1 is 1.00 bits per heavy atom. The van der Waals surface area contributed by atoms with Gasteiger partial charge >= 0.3 is 0 Å². The van der Waals surface area contributed by atoms with Crippen LogP contribution in [0.25, 0.3) is 0 Å². The normalized spacial score (nSPS) is 17.3. The lowest BCUT2D eigenvalue weighted by Crippen LogP contribution is -2.44. The number of hydrogen-bond donors (Lipinski definition) is 1. The smallest absolute Gasteiger partial charge is 0.254 e. The molecule has 130 valence electrons. The third kappa shape index (κ3) is 4.27. The number of rotatable bonds is 5. The molecule has 1 fully saturated rings. The number of carbonyl (C=O) groups excluding carboxylic acids is 2. The molecular weight excluding hydrogens is 312 g/mol. The summed E-state index contributed by atoms with van der Waals surface area (Å²) in [6.07, 6.45) is 3.31. The zero-order chi connectivity index (χ0) is 17.6. The Hall–Kier alpha value is -2.62. The lowest BCUT2D eigenvalue weighted by molar-refractivity contribution is -0.123. The molecule has 1 heterocycles. The van der Waals surface area contributed by atoms with Gasteiger partial charge in [0.25, 0.3) is 5.91 Å². The van der Waals surface area contributed by atoms with Crippen LogP contribution in [0.5, 0.6) is 0 Å². The van der Waals surface area contributed by atoms with Gasteiger partial charge in [-0.25, -0.2) is 0 Å². The van der Waals surface area contributed by atoms with E-state index in [0.29, 0.717) is 13.1 Å². The first-order chi connectivity index (χ1) is 12.1. The van der Waals surface area contributed by atoms with E-state index >= 15 is 0 Å². The molecule has 0 bridgehead atoms. The van der Waals surface area contributed by atoms with Gasteiger partial charge in [-0.2, -0.15) is 0 Å². The van der Waals surface area contributed by atoms with E-state index in [1.165, 1.54) is 5.56 Å². The molecule has 3 rings (SSSR count). The fourth-order valence-corrected chi connectivity index (χ4v) is 3.43. The van der Waals surface area contributed by atoms with Crippen molar-refractivity contribution in [2.24, 2.45) is 11.7 Å². The first kappa shape index (κ1) is 17.2. The second-order valence-electron chi connectivity index (χ2n) is 6.64. The van der Waals surface area contributed by atoms with Crippen LogP contribution in [0.1, 0.15) is 34.3 Å². The molecule has 2 N–H and O–H groups in total. The van der Waals surface area contributed by atoms with E-state index in [9.17, 15) is 9.59 Å². The topological polar surface area (TPSA) is 63.4 Å². The summed E-state index contributed by atoms with van der Waals surface area (Å²) >= 11 is 0. The van der Waals surface area contributed by atoms with E-state index < -0.39 is 0 Å². The van der Waals surface area contributed by atoms with Crippen molar-refractivity contribution in [1.82, 2.24) is 4.90 Å². The number of aryl methyl sites for hydroxylation is 2. The zero-order valence-corrected chi connectivity index (χ0v) is 14.4. The Bertz CT molecular complexity index is 743. The molecule has 0 radical (unpaired) electrons. The second kappa shape index (κ2) is 7.97. The fourth-order valence-electron chi connectivity index (χ4n) is 3.43. The minimum Gasteiger partial charge on any atom is -0.369 e. The second-order valence-corrected chi connectivity index (χ2v) is 6.64. The van der Waals surface area contributed by atoms with Crippen LogP contribution in [0.4, 0.5) is 0 Å². The molecule has 2 amide bonds. The molecule has 1 aliphatic rings. The van der Waals surface area contributed by atoms with Crippen molar-refractivity contribution in [2.45, 2.75) is 25.7 Å². The highest BCUT2D eigenvalue weighted by Gasteiger charge is 2.28. The van der Waals surface area contributed by atoms with Gasteiger partial charge in [0.15, 0.2) is 0 Å². The van der Waals surface area contributed by atoms with Crippen molar-refractivity contribution < 1.29 is 9.59 Å². The molecule has 25 heavy (non-hydrogen) atoms. The van der Waals surface area contributed by atoms with Gasteiger partial charge in [-0.05, 0) is 42.9 Å². The van der Waals surface area contributed by atoms with Crippen LogP contribution in [-0.4, -0.2) is 29.8 Å². The zero-order valence-electron chi connectivity index (χ0n) is 14.4. The van der Waals surface area contributed by atoms with Gasteiger partial charge in [-0.1, -0.05) is 48.5 Å². The molecule has 1 aliphatic heterocycles. The van der Waals surface area contributed by atoms with Crippen molar-refractivity contribution in [3.8, 4) is 0 Å². The van der Waals surface area contributed by atoms with Crippen LogP contribution < -0.4 is 5.73 Å². The maximum atomic E-state index is 13.0. The largest absolute Gasteiger partial charge is 0.369 e. The summed E-state index contributed by atoms with van der Waals surface area (Å²) in [5.74, 6) is -0.529. The van der Waals surface area contributed by atoms with Gasteiger partial charge in [0.1, 0.15) is 0 Å². The molecular formula is C21H24N2O2. The number of piperidine rings is 1. The SMILES string of the molecule is NC(=O)C1CCCN(C(=O)c2ccccc2CCc2ccccc2)C1. The van der Waals surface area contributed by atoms with Crippen molar-refractivity contribution in [1.29, 1.82) is 0 Å². The lowest BCUT2D eigenvalue weighted by Gasteiger charge is -2.31. The van der Waals surface area contributed by atoms with Crippen LogP contribution in [0.15, 0.2) is 54.6 Å². The summed E-state index contributed by atoms with van der Waals surface area (Å²) < 4.78 is 0. The van der Waals surface area contributed by atoms with Crippen molar-refractivity contribution >= 4 is 11.8 Å². The molecule has 0 saturated carbocycles.